The quantitative estimate of drug-likeness (QED) is 0.906. The summed E-state index contributed by atoms with van der Waals surface area (Å²) >= 11 is 1.37. The first kappa shape index (κ1) is 16.4. The number of nitrogens with zero attached hydrogens (tertiary/aromatic N) is 1. The molecule has 2 rings (SSSR count). The topological polar surface area (TPSA) is 62.2 Å². The SMILES string of the molecule is CC(O)(CNC(=O)c1cccnc1C(F)(F)F)c1ccsc1. The van der Waals surface area contributed by atoms with Gasteiger partial charge in [0, 0.05) is 6.20 Å². The van der Waals surface area contributed by atoms with Gasteiger partial charge in [-0.2, -0.15) is 24.5 Å². The van der Waals surface area contributed by atoms with E-state index in [4.69, 9.17) is 0 Å². The number of carbonyl (C=O) groups excluding carboxylic acids is 1. The van der Waals surface area contributed by atoms with Crippen molar-refractivity contribution in [3.63, 3.8) is 0 Å². The van der Waals surface area contributed by atoms with Crippen LogP contribution in [0, 0.1) is 0 Å². The van der Waals surface area contributed by atoms with Gasteiger partial charge in [-0.1, -0.05) is 0 Å². The van der Waals surface area contributed by atoms with Crippen LogP contribution in [0.15, 0.2) is 35.2 Å². The molecule has 4 nitrogen and oxygen atoms in total. The Bertz CT molecular complexity index is 654. The van der Waals surface area contributed by atoms with Gasteiger partial charge in [0.15, 0.2) is 5.69 Å². The highest BCUT2D eigenvalue weighted by Gasteiger charge is 2.37. The average molecular weight is 330 g/mol. The summed E-state index contributed by atoms with van der Waals surface area (Å²) in [5, 5.41) is 16.0. The Hall–Kier alpha value is -1.93. The van der Waals surface area contributed by atoms with E-state index in [2.05, 4.69) is 10.3 Å². The maximum absolute atomic E-state index is 12.8. The van der Waals surface area contributed by atoms with E-state index in [-0.39, 0.29) is 6.54 Å². The van der Waals surface area contributed by atoms with Crippen LogP contribution in [0.1, 0.15) is 28.5 Å². The van der Waals surface area contributed by atoms with Crippen LogP contribution in [-0.2, 0) is 11.8 Å². The molecule has 0 aliphatic rings. The molecule has 0 aromatic carbocycles. The van der Waals surface area contributed by atoms with Crippen molar-refractivity contribution in [1.82, 2.24) is 10.3 Å². The lowest BCUT2D eigenvalue weighted by molar-refractivity contribution is -0.141. The van der Waals surface area contributed by atoms with Crippen LogP contribution in [0.5, 0.6) is 0 Å². The lowest BCUT2D eigenvalue weighted by Gasteiger charge is -2.23. The maximum atomic E-state index is 12.8. The second-order valence-electron chi connectivity index (χ2n) is 4.87. The van der Waals surface area contributed by atoms with Crippen molar-refractivity contribution in [3.05, 3.63) is 52.0 Å². The second-order valence-corrected chi connectivity index (χ2v) is 5.65. The van der Waals surface area contributed by atoms with E-state index >= 15 is 0 Å². The first-order chi connectivity index (χ1) is 10.2. The molecule has 22 heavy (non-hydrogen) atoms. The van der Waals surface area contributed by atoms with Crippen LogP contribution >= 0.6 is 11.3 Å². The van der Waals surface area contributed by atoms with Crippen LogP contribution < -0.4 is 5.32 Å². The number of halogens is 3. The first-order valence-corrected chi connectivity index (χ1v) is 7.21. The van der Waals surface area contributed by atoms with E-state index in [1.807, 2.05) is 0 Å². The molecule has 2 N–H and O–H groups in total. The Balaban J connectivity index is 2.14. The van der Waals surface area contributed by atoms with E-state index in [9.17, 15) is 23.1 Å². The molecule has 0 fully saturated rings. The van der Waals surface area contributed by atoms with Gasteiger partial charge in [-0.25, -0.2) is 0 Å². The molecule has 0 bridgehead atoms. The molecule has 0 radical (unpaired) electrons. The van der Waals surface area contributed by atoms with Gasteiger partial charge in [0.2, 0.25) is 0 Å². The zero-order valence-electron chi connectivity index (χ0n) is 11.5. The zero-order chi connectivity index (χ0) is 16.4. The van der Waals surface area contributed by atoms with Gasteiger partial charge in [-0.3, -0.25) is 9.78 Å². The number of aromatic nitrogens is 1. The minimum absolute atomic E-state index is 0.214. The summed E-state index contributed by atoms with van der Waals surface area (Å²) in [7, 11) is 0. The molecule has 1 amide bonds. The van der Waals surface area contributed by atoms with Gasteiger partial charge in [-0.15, -0.1) is 0 Å². The fourth-order valence-corrected chi connectivity index (χ4v) is 2.62. The Labute approximate surface area is 128 Å². The molecule has 2 aromatic rings. The number of hydrogen-bond donors (Lipinski definition) is 2. The third-order valence-corrected chi connectivity index (χ3v) is 3.74. The molecule has 8 heteroatoms. The number of pyridine rings is 1. The number of alkyl halides is 3. The highest BCUT2D eigenvalue weighted by Crippen LogP contribution is 2.30. The number of amides is 1. The molecular weight excluding hydrogens is 317 g/mol. The standard InChI is InChI=1S/C14H13F3N2O2S/c1-13(21,9-4-6-22-7-9)8-19-12(20)10-3-2-5-18-11(10)14(15,16)17/h2-7,21H,8H2,1H3,(H,19,20). The number of thiophene rings is 1. The van der Waals surface area contributed by atoms with Gasteiger partial charge >= 0.3 is 6.18 Å². The van der Waals surface area contributed by atoms with Crippen LogP contribution in [0.2, 0.25) is 0 Å². The van der Waals surface area contributed by atoms with E-state index in [0.717, 1.165) is 12.3 Å². The van der Waals surface area contributed by atoms with Crippen molar-refractivity contribution in [2.45, 2.75) is 18.7 Å². The summed E-state index contributed by atoms with van der Waals surface area (Å²) in [6.45, 7) is 1.26. The fraction of sp³-hybridized carbons (Fsp3) is 0.286. The van der Waals surface area contributed by atoms with Crippen LogP contribution in [-0.4, -0.2) is 22.5 Å². The molecule has 0 aliphatic carbocycles. The normalized spacial score (nSPS) is 14.4. The largest absolute Gasteiger partial charge is 0.434 e. The molecule has 0 spiro atoms. The Morgan fingerprint density at radius 2 is 2.14 bits per heavy atom. The van der Waals surface area contributed by atoms with E-state index in [1.54, 1.807) is 16.8 Å². The van der Waals surface area contributed by atoms with Gasteiger partial charge in [0.25, 0.3) is 5.91 Å². The number of carbonyl (C=O) groups is 1. The van der Waals surface area contributed by atoms with E-state index in [1.165, 1.54) is 24.3 Å². The van der Waals surface area contributed by atoms with E-state index < -0.39 is 28.9 Å². The molecule has 118 valence electrons. The Morgan fingerprint density at radius 1 is 1.41 bits per heavy atom. The molecular formula is C14H13F3N2O2S. The molecule has 1 unspecified atom stereocenters. The molecule has 2 heterocycles. The number of aliphatic hydroxyl groups is 1. The smallest absolute Gasteiger partial charge is 0.384 e. The average Bonchev–Trinajstić information content (AvgIpc) is 2.99. The first-order valence-electron chi connectivity index (χ1n) is 6.27. The van der Waals surface area contributed by atoms with Crippen molar-refractivity contribution in [2.24, 2.45) is 0 Å². The third kappa shape index (κ3) is 3.63. The lowest BCUT2D eigenvalue weighted by Crippen LogP contribution is -2.39. The van der Waals surface area contributed by atoms with Gasteiger partial charge in [0.05, 0.1) is 12.1 Å². The summed E-state index contributed by atoms with van der Waals surface area (Å²) in [5.41, 5.74) is -2.60. The van der Waals surface area contributed by atoms with E-state index in [0.29, 0.717) is 5.56 Å². The number of rotatable bonds is 4. The van der Waals surface area contributed by atoms with Crippen molar-refractivity contribution in [2.75, 3.05) is 6.54 Å². The van der Waals surface area contributed by atoms with Crippen molar-refractivity contribution in [1.29, 1.82) is 0 Å². The third-order valence-electron chi connectivity index (χ3n) is 3.06. The summed E-state index contributed by atoms with van der Waals surface area (Å²) in [6, 6.07) is 3.98. The van der Waals surface area contributed by atoms with Gasteiger partial charge in [0.1, 0.15) is 5.60 Å². The van der Waals surface area contributed by atoms with Crippen molar-refractivity contribution >= 4 is 17.2 Å². The minimum atomic E-state index is -4.72. The minimum Gasteiger partial charge on any atom is -0.384 e. The Morgan fingerprint density at radius 3 is 2.73 bits per heavy atom. The molecule has 0 saturated carbocycles. The highest BCUT2D eigenvalue weighted by molar-refractivity contribution is 7.08. The van der Waals surface area contributed by atoms with Gasteiger partial charge < -0.3 is 10.4 Å². The van der Waals surface area contributed by atoms with Crippen LogP contribution in [0.3, 0.4) is 0 Å². The monoisotopic (exact) mass is 330 g/mol. The lowest BCUT2D eigenvalue weighted by atomic mass is 9.99. The second kappa shape index (κ2) is 6.05. The Kier molecular flexibility index (Phi) is 4.52. The molecule has 0 aliphatic heterocycles. The summed E-state index contributed by atoms with van der Waals surface area (Å²) in [4.78, 5) is 15.2. The predicted octanol–water partition coefficient (Wildman–Crippen LogP) is 2.80. The number of nitrogens with one attached hydrogen (secondary N) is 1. The molecule has 2 aromatic heterocycles. The fourth-order valence-electron chi connectivity index (χ4n) is 1.84. The van der Waals surface area contributed by atoms with Crippen LogP contribution in [0.4, 0.5) is 13.2 Å². The molecule has 0 saturated heterocycles. The predicted molar refractivity (Wildman–Crippen MR) is 75.5 cm³/mol. The maximum Gasteiger partial charge on any atom is 0.434 e. The van der Waals surface area contributed by atoms with Gasteiger partial charge in [-0.05, 0) is 41.4 Å². The van der Waals surface area contributed by atoms with Crippen LogP contribution in [0.25, 0.3) is 0 Å². The highest BCUT2D eigenvalue weighted by atomic mass is 32.1. The summed E-state index contributed by atoms with van der Waals surface area (Å²) in [5.74, 6) is -0.934. The summed E-state index contributed by atoms with van der Waals surface area (Å²) in [6.07, 6.45) is -3.75. The molecule has 1 atom stereocenters. The van der Waals surface area contributed by atoms with Crippen molar-refractivity contribution < 1.29 is 23.1 Å². The van der Waals surface area contributed by atoms with Crippen molar-refractivity contribution in [3.8, 4) is 0 Å². The number of hydrogen-bond acceptors (Lipinski definition) is 4. The zero-order valence-corrected chi connectivity index (χ0v) is 12.3. The summed E-state index contributed by atoms with van der Waals surface area (Å²) < 4.78 is 38.4.